The number of methoxy groups -OCH3 is 1. The third-order valence-electron chi connectivity index (χ3n) is 5.96. The van der Waals surface area contributed by atoms with Gasteiger partial charge < -0.3 is 15.0 Å². The molecule has 9 nitrogen and oxygen atoms in total. The Hall–Kier alpha value is -3.36. The van der Waals surface area contributed by atoms with Crippen LogP contribution >= 0.6 is 0 Å². The molecule has 0 radical (unpaired) electrons. The van der Waals surface area contributed by atoms with Gasteiger partial charge in [0.05, 0.1) is 24.1 Å². The molecule has 1 aromatic carbocycles. The monoisotopic (exact) mass is 438 g/mol. The van der Waals surface area contributed by atoms with Crippen molar-refractivity contribution in [1.82, 2.24) is 24.9 Å². The largest absolute Gasteiger partial charge is 0.481 e. The SMILES string of the molecule is COc1c2ccc(C(=O)NCC3CCCCN3c3ccc(=O)n(C(C)C)n3)cc2nn1C. The van der Waals surface area contributed by atoms with E-state index in [-0.39, 0.29) is 23.6 Å². The summed E-state index contributed by atoms with van der Waals surface area (Å²) in [6.45, 7) is 5.24. The van der Waals surface area contributed by atoms with E-state index >= 15 is 0 Å². The van der Waals surface area contributed by atoms with Crippen LogP contribution in [-0.4, -0.2) is 51.7 Å². The molecule has 1 N–H and O–H groups in total. The molecule has 1 aliphatic heterocycles. The first-order valence-electron chi connectivity index (χ1n) is 11.0. The first-order chi connectivity index (χ1) is 15.4. The Kier molecular flexibility index (Phi) is 6.16. The molecule has 4 rings (SSSR count). The average molecular weight is 439 g/mol. The van der Waals surface area contributed by atoms with Gasteiger partial charge in [-0.15, -0.1) is 0 Å². The van der Waals surface area contributed by atoms with Crippen LogP contribution in [0.1, 0.15) is 49.5 Å². The topological polar surface area (TPSA) is 94.3 Å². The molecule has 9 heteroatoms. The van der Waals surface area contributed by atoms with E-state index in [0.717, 1.165) is 42.5 Å². The normalized spacial score (nSPS) is 16.5. The number of fused-ring (bicyclic) bond motifs is 1. The second-order valence-electron chi connectivity index (χ2n) is 8.49. The van der Waals surface area contributed by atoms with Crippen LogP contribution in [-0.2, 0) is 7.05 Å². The van der Waals surface area contributed by atoms with Crippen molar-refractivity contribution in [2.45, 2.75) is 45.2 Å². The van der Waals surface area contributed by atoms with Crippen LogP contribution in [0.2, 0.25) is 0 Å². The summed E-state index contributed by atoms with van der Waals surface area (Å²) >= 11 is 0. The number of amides is 1. The van der Waals surface area contributed by atoms with Crippen molar-refractivity contribution in [3.05, 3.63) is 46.2 Å². The van der Waals surface area contributed by atoms with Gasteiger partial charge in [-0.05, 0) is 57.4 Å². The number of benzene rings is 1. The van der Waals surface area contributed by atoms with E-state index in [9.17, 15) is 9.59 Å². The number of nitrogens with zero attached hydrogens (tertiary/aromatic N) is 5. The molecule has 2 aromatic heterocycles. The summed E-state index contributed by atoms with van der Waals surface area (Å²) in [4.78, 5) is 27.2. The molecule has 1 unspecified atom stereocenters. The van der Waals surface area contributed by atoms with Crippen molar-refractivity contribution in [1.29, 1.82) is 0 Å². The summed E-state index contributed by atoms with van der Waals surface area (Å²) in [5.74, 6) is 1.31. The van der Waals surface area contributed by atoms with Gasteiger partial charge >= 0.3 is 0 Å². The molecule has 32 heavy (non-hydrogen) atoms. The zero-order valence-electron chi connectivity index (χ0n) is 19.0. The zero-order valence-corrected chi connectivity index (χ0v) is 19.0. The highest BCUT2D eigenvalue weighted by molar-refractivity contribution is 5.98. The van der Waals surface area contributed by atoms with Crippen molar-refractivity contribution in [3.63, 3.8) is 0 Å². The molecular weight excluding hydrogens is 408 g/mol. The average Bonchev–Trinajstić information content (AvgIpc) is 3.11. The maximum Gasteiger partial charge on any atom is 0.267 e. The Morgan fingerprint density at radius 1 is 1.22 bits per heavy atom. The molecule has 1 amide bonds. The Balaban J connectivity index is 1.49. The quantitative estimate of drug-likeness (QED) is 0.636. The summed E-state index contributed by atoms with van der Waals surface area (Å²) in [6.07, 6.45) is 3.12. The molecule has 1 aliphatic rings. The maximum absolute atomic E-state index is 12.9. The summed E-state index contributed by atoms with van der Waals surface area (Å²) < 4.78 is 8.55. The van der Waals surface area contributed by atoms with Crippen molar-refractivity contribution < 1.29 is 9.53 Å². The van der Waals surface area contributed by atoms with Crippen LogP contribution < -0.4 is 20.5 Å². The number of hydrogen-bond acceptors (Lipinski definition) is 6. The molecule has 1 saturated heterocycles. The van der Waals surface area contributed by atoms with Gasteiger partial charge in [0.25, 0.3) is 11.5 Å². The van der Waals surface area contributed by atoms with Crippen LogP contribution in [0.25, 0.3) is 10.9 Å². The number of aromatic nitrogens is 4. The molecule has 3 heterocycles. The standard InChI is InChI=1S/C23H30N6O3/c1-15(2)29-21(30)11-10-20(26-29)28-12-6-5-7-17(28)14-24-22(31)16-8-9-18-19(13-16)25-27(3)23(18)32-4/h8-11,13,15,17H,5-7,12,14H2,1-4H3,(H,24,31). The van der Waals surface area contributed by atoms with Gasteiger partial charge in [-0.3, -0.25) is 9.59 Å². The fourth-order valence-electron chi connectivity index (χ4n) is 4.33. The first kappa shape index (κ1) is 21.9. The lowest BCUT2D eigenvalue weighted by Gasteiger charge is -2.37. The summed E-state index contributed by atoms with van der Waals surface area (Å²) in [5.41, 5.74) is 1.18. The second kappa shape index (κ2) is 9.02. The van der Waals surface area contributed by atoms with Gasteiger partial charge in [0, 0.05) is 37.8 Å². The highest BCUT2D eigenvalue weighted by atomic mass is 16.5. The molecular formula is C23H30N6O3. The fourth-order valence-corrected chi connectivity index (χ4v) is 4.33. The smallest absolute Gasteiger partial charge is 0.267 e. The van der Waals surface area contributed by atoms with E-state index in [2.05, 4.69) is 20.4 Å². The molecule has 1 fully saturated rings. The van der Waals surface area contributed by atoms with Gasteiger partial charge in [0.15, 0.2) is 0 Å². The molecule has 0 spiro atoms. The van der Waals surface area contributed by atoms with E-state index in [0.29, 0.717) is 18.0 Å². The number of hydrogen-bond donors (Lipinski definition) is 1. The molecule has 1 atom stereocenters. The predicted molar refractivity (Wildman–Crippen MR) is 123 cm³/mol. The van der Waals surface area contributed by atoms with Crippen LogP contribution in [0.15, 0.2) is 35.1 Å². The third kappa shape index (κ3) is 4.19. The predicted octanol–water partition coefficient (Wildman–Crippen LogP) is 2.51. The van der Waals surface area contributed by atoms with Gasteiger partial charge in [-0.25, -0.2) is 9.36 Å². The molecule has 0 aliphatic carbocycles. The summed E-state index contributed by atoms with van der Waals surface area (Å²) in [6, 6.07) is 8.91. The molecule has 3 aromatic rings. The van der Waals surface area contributed by atoms with Gasteiger partial charge in [-0.2, -0.15) is 10.2 Å². The van der Waals surface area contributed by atoms with Crippen molar-refractivity contribution in [2.24, 2.45) is 7.05 Å². The van der Waals surface area contributed by atoms with E-state index in [1.807, 2.05) is 27.0 Å². The second-order valence-corrected chi connectivity index (χ2v) is 8.49. The maximum atomic E-state index is 12.9. The molecule has 0 bridgehead atoms. The highest BCUT2D eigenvalue weighted by Gasteiger charge is 2.25. The number of anilines is 1. The lowest BCUT2D eigenvalue weighted by Crippen LogP contribution is -2.47. The van der Waals surface area contributed by atoms with E-state index in [1.54, 1.807) is 36.1 Å². The van der Waals surface area contributed by atoms with Gasteiger partial charge in [0.1, 0.15) is 5.82 Å². The minimum atomic E-state index is -0.137. The number of aryl methyl sites for hydroxylation is 1. The number of carbonyl (C=O) groups excluding carboxylic acids is 1. The number of rotatable bonds is 6. The Morgan fingerprint density at radius 3 is 2.78 bits per heavy atom. The lowest BCUT2D eigenvalue weighted by molar-refractivity contribution is 0.0949. The number of nitrogens with one attached hydrogen (secondary N) is 1. The minimum Gasteiger partial charge on any atom is -0.481 e. The Labute approximate surface area is 187 Å². The van der Waals surface area contributed by atoms with Gasteiger partial charge in [0.2, 0.25) is 5.88 Å². The number of piperidine rings is 1. The highest BCUT2D eigenvalue weighted by Crippen LogP contribution is 2.26. The van der Waals surface area contributed by atoms with E-state index < -0.39 is 0 Å². The lowest BCUT2D eigenvalue weighted by atomic mass is 10.0. The van der Waals surface area contributed by atoms with Crippen LogP contribution in [0.4, 0.5) is 5.82 Å². The van der Waals surface area contributed by atoms with Crippen molar-refractivity contribution >= 4 is 22.6 Å². The summed E-state index contributed by atoms with van der Waals surface area (Å²) in [5, 5.41) is 13.0. The first-order valence-corrected chi connectivity index (χ1v) is 11.0. The Morgan fingerprint density at radius 2 is 2.03 bits per heavy atom. The van der Waals surface area contributed by atoms with E-state index in [4.69, 9.17) is 4.74 Å². The number of ether oxygens (including phenoxy) is 1. The molecule has 0 saturated carbocycles. The zero-order chi connectivity index (χ0) is 22.8. The van der Waals surface area contributed by atoms with Crippen LogP contribution in [0.5, 0.6) is 5.88 Å². The minimum absolute atomic E-state index is 0.00877. The van der Waals surface area contributed by atoms with Crippen molar-refractivity contribution in [2.75, 3.05) is 25.1 Å². The molecule has 170 valence electrons. The third-order valence-corrected chi connectivity index (χ3v) is 5.96. The van der Waals surface area contributed by atoms with E-state index in [1.165, 1.54) is 4.68 Å². The Bertz CT molecular complexity index is 1180. The van der Waals surface area contributed by atoms with Gasteiger partial charge in [-0.1, -0.05) is 0 Å². The fraction of sp³-hybridized carbons (Fsp3) is 0.478. The van der Waals surface area contributed by atoms with Crippen molar-refractivity contribution in [3.8, 4) is 5.88 Å². The van der Waals surface area contributed by atoms with Crippen LogP contribution in [0, 0.1) is 0 Å². The summed E-state index contributed by atoms with van der Waals surface area (Å²) in [7, 11) is 3.42. The van der Waals surface area contributed by atoms with Crippen LogP contribution in [0.3, 0.4) is 0 Å². The number of carbonyl (C=O) groups is 1.